The van der Waals surface area contributed by atoms with Gasteiger partial charge in [0.05, 0.1) is 11.5 Å². The summed E-state index contributed by atoms with van der Waals surface area (Å²) in [5.74, 6) is -0.878. The molecule has 0 saturated heterocycles. The largest absolute Gasteiger partial charge is 0.475 e. The molecule has 0 unspecified atom stereocenters. The van der Waals surface area contributed by atoms with Gasteiger partial charge in [0, 0.05) is 17.2 Å². The molecule has 9 heteroatoms. The van der Waals surface area contributed by atoms with Crippen molar-refractivity contribution >= 4 is 11.7 Å². The van der Waals surface area contributed by atoms with Crippen LogP contribution in [0.3, 0.4) is 0 Å². The van der Waals surface area contributed by atoms with Crippen molar-refractivity contribution in [3.8, 4) is 11.5 Å². The van der Waals surface area contributed by atoms with Gasteiger partial charge in [-0.2, -0.15) is 0 Å². The molecule has 0 bridgehead atoms. The number of carbonyl (C=O) groups excluding carboxylic acids is 1. The van der Waals surface area contributed by atoms with Crippen LogP contribution in [0.15, 0.2) is 36.4 Å². The number of hydrogen-bond donors (Lipinski definition) is 0. The van der Waals surface area contributed by atoms with Crippen molar-refractivity contribution in [3.05, 3.63) is 63.5 Å². The van der Waals surface area contributed by atoms with Crippen LogP contribution in [0.1, 0.15) is 11.1 Å². The van der Waals surface area contributed by atoms with E-state index in [2.05, 4.69) is 0 Å². The highest BCUT2D eigenvalue weighted by atomic mass is 19.1. The highest BCUT2D eigenvalue weighted by Crippen LogP contribution is 2.30. The summed E-state index contributed by atoms with van der Waals surface area (Å²) in [5.41, 5.74) is 0.633. The number of carbonyl (C=O) groups is 1. The Labute approximate surface area is 147 Å². The summed E-state index contributed by atoms with van der Waals surface area (Å²) in [7, 11) is 0. The number of fused-ring (bicyclic) bond motifs is 1. The average Bonchev–Trinajstić information content (AvgIpc) is 2.64. The second-order valence-electron chi connectivity index (χ2n) is 5.34. The summed E-state index contributed by atoms with van der Waals surface area (Å²) in [5, 5.41) is 10.9. The summed E-state index contributed by atoms with van der Waals surface area (Å²) >= 11 is 0. The number of hydrogen-bond acceptors (Lipinski definition) is 7. The lowest BCUT2D eigenvalue weighted by molar-refractivity contribution is -0.385. The molecule has 0 atom stereocenters. The highest BCUT2D eigenvalue weighted by Gasteiger charge is 2.19. The molecule has 0 amide bonds. The molecular weight excluding hydrogens is 349 g/mol. The van der Waals surface area contributed by atoms with Crippen LogP contribution in [0.2, 0.25) is 0 Å². The molecule has 0 radical (unpaired) electrons. The Hall–Kier alpha value is -3.20. The van der Waals surface area contributed by atoms with E-state index >= 15 is 0 Å². The molecule has 0 spiro atoms. The number of nitro groups is 1. The third-order valence-corrected chi connectivity index (χ3v) is 3.55. The first-order chi connectivity index (χ1) is 12.5. The molecule has 0 saturated carbocycles. The van der Waals surface area contributed by atoms with Gasteiger partial charge in [-0.15, -0.1) is 0 Å². The number of rotatable bonds is 6. The van der Waals surface area contributed by atoms with Crippen molar-refractivity contribution in [1.29, 1.82) is 0 Å². The van der Waals surface area contributed by atoms with Crippen LogP contribution in [0.25, 0.3) is 0 Å². The molecule has 136 valence electrons. The van der Waals surface area contributed by atoms with Gasteiger partial charge in [-0.3, -0.25) is 10.1 Å². The zero-order valence-corrected chi connectivity index (χ0v) is 13.5. The van der Waals surface area contributed by atoms with Crippen molar-refractivity contribution in [2.75, 3.05) is 13.4 Å². The van der Waals surface area contributed by atoms with E-state index in [9.17, 15) is 19.3 Å². The first-order valence-corrected chi connectivity index (χ1v) is 7.58. The van der Waals surface area contributed by atoms with Crippen LogP contribution in [0.5, 0.6) is 11.5 Å². The summed E-state index contributed by atoms with van der Waals surface area (Å²) in [6, 6.07) is 8.17. The second-order valence-corrected chi connectivity index (χ2v) is 5.34. The van der Waals surface area contributed by atoms with Crippen LogP contribution in [0, 0.1) is 15.9 Å². The van der Waals surface area contributed by atoms with Gasteiger partial charge in [-0.1, -0.05) is 12.1 Å². The molecule has 2 aromatic rings. The third-order valence-electron chi connectivity index (χ3n) is 3.55. The molecule has 0 aliphatic carbocycles. The topological polar surface area (TPSA) is 97.1 Å². The van der Waals surface area contributed by atoms with Gasteiger partial charge in [0.2, 0.25) is 0 Å². The standard InChI is InChI=1S/C17H14FNO7/c18-13-5-11-7-23-10-26-17(11)12(6-13)8-25-16(20)9-24-15-4-2-1-3-14(15)19(21)22/h1-6H,7-10H2. The minimum Gasteiger partial charge on any atom is -0.475 e. The summed E-state index contributed by atoms with van der Waals surface area (Å²) in [6.45, 7) is -0.513. The Morgan fingerprint density at radius 2 is 2.12 bits per heavy atom. The minimum atomic E-state index is -0.756. The van der Waals surface area contributed by atoms with E-state index in [0.29, 0.717) is 16.9 Å². The Morgan fingerprint density at radius 3 is 2.92 bits per heavy atom. The van der Waals surface area contributed by atoms with Crippen LogP contribution in [-0.4, -0.2) is 24.3 Å². The molecule has 1 aliphatic heterocycles. The number of benzene rings is 2. The monoisotopic (exact) mass is 363 g/mol. The molecule has 2 aromatic carbocycles. The molecule has 0 aromatic heterocycles. The molecule has 1 heterocycles. The van der Waals surface area contributed by atoms with Crippen LogP contribution in [0.4, 0.5) is 10.1 Å². The van der Waals surface area contributed by atoms with Crippen molar-refractivity contribution in [1.82, 2.24) is 0 Å². The third kappa shape index (κ3) is 4.06. The Morgan fingerprint density at radius 1 is 1.31 bits per heavy atom. The van der Waals surface area contributed by atoms with E-state index in [4.69, 9.17) is 18.9 Å². The lowest BCUT2D eigenvalue weighted by Crippen LogP contribution is -2.17. The van der Waals surface area contributed by atoms with Crippen molar-refractivity contribution < 1.29 is 33.1 Å². The number of para-hydroxylation sites is 2. The maximum absolute atomic E-state index is 13.6. The van der Waals surface area contributed by atoms with Gasteiger partial charge < -0.3 is 18.9 Å². The molecule has 3 rings (SSSR count). The Bertz CT molecular complexity index is 840. The molecule has 0 fully saturated rings. The van der Waals surface area contributed by atoms with Crippen LogP contribution < -0.4 is 9.47 Å². The minimum absolute atomic E-state index is 0.0281. The lowest BCUT2D eigenvalue weighted by Gasteiger charge is -2.20. The van der Waals surface area contributed by atoms with Gasteiger partial charge in [-0.25, -0.2) is 9.18 Å². The van der Waals surface area contributed by atoms with Gasteiger partial charge in [0.1, 0.15) is 18.2 Å². The Kier molecular flexibility index (Phi) is 5.28. The zero-order valence-electron chi connectivity index (χ0n) is 13.5. The number of ether oxygens (including phenoxy) is 4. The van der Waals surface area contributed by atoms with E-state index < -0.39 is 23.3 Å². The van der Waals surface area contributed by atoms with E-state index in [-0.39, 0.29) is 31.4 Å². The lowest BCUT2D eigenvalue weighted by atomic mass is 10.1. The second kappa shape index (κ2) is 7.79. The van der Waals surface area contributed by atoms with Crippen molar-refractivity contribution in [3.63, 3.8) is 0 Å². The summed E-state index contributed by atoms with van der Waals surface area (Å²) in [6.07, 6.45) is 0. The van der Waals surface area contributed by atoms with E-state index in [1.807, 2.05) is 0 Å². The fourth-order valence-electron chi connectivity index (χ4n) is 2.43. The number of nitrogens with zero attached hydrogens (tertiary/aromatic N) is 1. The predicted molar refractivity (Wildman–Crippen MR) is 85.1 cm³/mol. The van der Waals surface area contributed by atoms with Crippen molar-refractivity contribution in [2.24, 2.45) is 0 Å². The number of nitro benzene ring substituents is 1. The SMILES string of the molecule is O=C(COc1ccccc1[N+](=O)[O-])OCc1cc(F)cc2c1OCOC2. The van der Waals surface area contributed by atoms with Crippen LogP contribution in [-0.2, 0) is 27.5 Å². The fourth-order valence-corrected chi connectivity index (χ4v) is 2.43. The Balaban J connectivity index is 1.60. The zero-order chi connectivity index (χ0) is 18.5. The first kappa shape index (κ1) is 17.6. The quantitative estimate of drug-likeness (QED) is 0.442. The van der Waals surface area contributed by atoms with E-state index in [0.717, 1.165) is 0 Å². The molecular formula is C17H14FNO7. The van der Waals surface area contributed by atoms with Gasteiger partial charge in [-0.05, 0) is 18.2 Å². The fraction of sp³-hybridized carbons (Fsp3) is 0.235. The predicted octanol–water partition coefficient (Wildman–Crippen LogP) is 2.72. The molecule has 1 aliphatic rings. The van der Waals surface area contributed by atoms with E-state index in [1.165, 1.54) is 30.3 Å². The highest BCUT2D eigenvalue weighted by molar-refractivity contribution is 5.71. The number of halogens is 1. The van der Waals surface area contributed by atoms with Crippen LogP contribution >= 0.6 is 0 Å². The summed E-state index contributed by atoms with van der Waals surface area (Å²) in [4.78, 5) is 22.1. The molecule has 26 heavy (non-hydrogen) atoms. The van der Waals surface area contributed by atoms with Gasteiger partial charge in [0.25, 0.3) is 0 Å². The molecule has 8 nitrogen and oxygen atoms in total. The maximum Gasteiger partial charge on any atom is 0.344 e. The summed E-state index contributed by atoms with van der Waals surface area (Å²) < 4.78 is 34.2. The normalized spacial score (nSPS) is 12.7. The van der Waals surface area contributed by atoms with Gasteiger partial charge in [0.15, 0.2) is 19.1 Å². The van der Waals surface area contributed by atoms with Gasteiger partial charge >= 0.3 is 11.7 Å². The molecule has 0 N–H and O–H groups in total. The smallest absolute Gasteiger partial charge is 0.344 e. The number of esters is 1. The van der Waals surface area contributed by atoms with Crippen molar-refractivity contribution in [2.45, 2.75) is 13.2 Å². The van der Waals surface area contributed by atoms with E-state index in [1.54, 1.807) is 6.07 Å². The average molecular weight is 363 g/mol. The first-order valence-electron chi connectivity index (χ1n) is 7.58. The maximum atomic E-state index is 13.6.